The van der Waals surface area contributed by atoms with E-state index in [1.807, 2.05) is 36.2 Å². The number of anilines is 1. The fourth-order valence-corrected chi connectivity index (χ4v) is 5.91. The first-order valence-corrected chi connectivity index (χ1v) is 13.2. The number of hydrazine groups is 1. The zero-order valence-electron chi connectivity index (χ0n) is 20.5. The minimum atomic E-state index is -0.775. The summed E-state index contributed by atoms with van der Waals surface area (Å²) in [6.45, 7) is 3.10. The predicted octanol–water partition coefficient (Wildman–Crippen LogP) is 1.69. The van der Waals surface area contributed by atoms with Crippen LogP contribution in [0.15, 0.2) is 36.4 Å². The number of hydrogen-bond donors (Lipinski definition) is 5. The predicted molar refractivity (Wildman–Crippen MR) is 133 cm³/mol. The van der Waals surface area contributed by atoms with Crippen molar-refractivity contribution in [2.75, 3.05) is 18.4 Å². The summed E-state index contributed by atoms with van der Waals surface area (Å²) < 4.78 is 5.86. The Labute approximate surface area is 207 Å². The third-order valence-electron chi connectivity index (χ3n) is 8.08. The smallest absolute Gasteiger partial charge is 0.244 e. The molecule has 5 aliphatic rings. The molecular formula is C26H38N6O3. The van der Waals surface area contributed by atoms with Crippen molar-refractivity contribution in [3.05, 3.63) is 36.4 Å². The average Bonchev–Trinajstić information content (AvgIpc) is 3.63. The minimum Gasteiger partial charge on any atom is -0.490 e. The molecule has 4 heterocycles. The van der Waals surface area contributed by atoms with Gasteiger partial charge in [-0.15, -0.1) is 0 Å². The lowest BCUT2D eigenvalue weighted by atomic mass is 9.85. The summed E-state index contributed by atoms with van der Waals surface area (Å²) >= 11 is 0. The molecule has 4 fully saturated rings. The minimum absolute atomic E-state index is 0.00391. The standard InChI is InChI=1S/C26H38N6O3/c1-26(34)14-3-2-4-15-31-24(33)20-16-27-25(28-17-8-10-18(11-9-17)35-19-12-13-19)30-23(20)32(31)22-7-5-6-21(26)29-22/h2,4,8-11,19-23,25,27-30,34H,3,5-7,12-16H2,1H3/b4-2-/t20?,21?,22?,23?,25?,26-/m0/s1. The molecule has 190 valence electrons. The summed E-state index contributed by atoms with van der Waals surface area (Å²) in [4.78, 5) is 13.5. The van der Waals surface area contributed by atoms with Gasteiger partial charge in [-0.2, -0.15) is 5.01 Å². The summed E-state index contributed by atoms with van der Waals surface area (Å²) in [5.74, 6) is 0.890. The van der Waals surface area contributed by atoms with Crippen molar-refractivity contribution < 1.29 is 14.6 Å². The van der Waals surface area contributed by atoms with Gasteiger partial charge >= 0.3 is 0 Å². The maximum absolute atomic E-state index is 13.5. The van der Waals surface area contributed by atoms with E-state index in [9.17, 15) is 9.90 Å². The van der Waals surface area contributed by atoms with Crippen LogP contribution in [0.2, 0.25) is 0 Å². The van der Waals surface area contributed by atoms with E-state index in [2.05, 4.69) is 38.4 Å². The molecule has 6 atom stereocenters. The highest BCUT2D eigenvalue weighted by Crippen LogP contribution is 2.34. The van der Waals surface area contributed by atoms with E-state index < -0.39 is 5.60 Å². The summed E-state index contributed by atoms with van der Waals surface area (Å²) in [6, 6.07) is 8.09. The van der Waals surface area contributed by atoms with E-state index in [4.69, 9.17) is 4.74 Å². The summed E-state index contributed by atoms with van der Waals surface area (Å²) in [7, 11) is 0. The van der Waals surface area contributed by atoms with Gasteiger partial charge in [-0.3, -0.25) is 25.8 Å². The Morgan fingerprint density at radius 1 is 1.11 bits per heavy atom. The summed E-state index contributed by atoms with van der Waals surface area (Å²) in [6.07, 6.45) is 11.0. The second kappa shape index (κ2) is 9.37. The number of allylic oxidation sites excluding steroid dienone is 1. The lowest BCUT2D eigenvalue weighted by Crippen LogP contribution is -2.69. The van der Waals surface area contributed by atoms with Crippen molar-refractivity contribution in [2.45, 2.75) is 88.2 Å². The van der Waals surface area contributed by atoms with E-state index in [-0.39, 0.29) is 36.5 Å². The number of benzene rings is 1. The first-order chi connectivity index (χ1) is 17.0. The third-order valence-corrected chi connectivity index (χ3v) is 8.08. The van der Waals surface area contributed by atoms with Crippen molar-refractivity contribution in [2.24, 2.45) is 5.92 Å². The molecule has 1 aromatic rings. The molecule has 2 bridgehead atoms. The number of piperidine rings is 1. The Bertz CT molecular complexity index is 949. The van der Waals surface area contributed by atoms with Gasteiger partial charge in [0.1, 0.15) is 12.0 Å². The Kier molecular flexibility index (Phi) is 6.22. The number of nitrogens with zero attached hydrogens (tertiary/aromatic N) is 2. The van der Waals surface area contributed by atoms with Crippen molar-refractivity contribution in [1.82, 2.24) is 26.0 Å². The molecule has 1 aliphatic carbocycles. The molecule has 0 aromatic heterocycles. The van der Waals surface area contributed by atoms with Crippen LogP contribution in [0.4, 0.5) is 5.69 Å². The van der Waals surface area contributed by atoms with Gasteiger partial charge in [0.25, 0.3) is 0 Å². The van der Waals surface area contributed by atoms with Crippen molar-refractivity contribution in [1.29, 1.82) is 0 Å². The van der Waals surface area contributed by atoms with E-state index in [0.717, 1.165) is 50.0 Å². The van der Waals surface area contributed by atoms with Gasteiger partial charge in [-0.05, 0) is 76.1 Å². The molecule has 35 heavy (non-hydrogen) atoms. The van der Waals surface area contributed by atoms with Gasteiger partial charge in [0, 0.05) is 18.3 Å². The van der Waals surface area contributed by atoms with Crippen molar-refractivity contribution in [3.63, 3.8) is 0 Å². The van der Waals surface area contributed by atoms with Gasteiger partial charge in [-0.1, -0.05) is 12.2 Å². The number of aliphatic hydroxyl groups is 1. The van der Waals surface area contributed by atoms with Crippen LogP contribution in [0.3, 0.4) is 0 Å². The quantitative estimate of drug-likeness (QED) is 0.414. The Morgan fingerprint density at radius 2 is 1.94 bits per heavy atom. The monoisotopic (exact) mass is 482 g/mol. The van der Waals surface area contributed by atoms with Crippen LogP contribution in [0.1, 0.15) is 51.9 Å². The Hall–Kier alpha value is -2.17. The lowest BCUT2D eigenvalue weighted by molar-refractivity contribution is -0.146. The van der Waals surface area contributed by atoms with Crippen LogP contribution in [0, 0.1) is 5.92 Å². The molecule has 1 saturated carbocycles. The highest BCUT2D eigenvalue weighted by molar-refractivity contribution is 5.82. The highest BCUT2D eigenvalue weighted by atomic mass is 16.5. The number of carbonyl (C=O) groups excluding carboxylic acids is 1. The molecule has 5 unspecified atom stereocenters. The first kappa shape index (κ1) is 23.2. The van der Waals surface area contributed by atoms with E-state index in [1.165, 1.54) is 0 Å². The van der Waals surface area contributed by atoms with Gasteiger partial charge in [0.15, 0.2) is 0 Å². The molecule has 0 spiro atoms. The molecular weight excluding hydrogens is 444 g/mol. The fraction of sp³-hybridized carbons (Fsp3) is 0.654. The van der Waals surface area contributed by atoms with Crippen molar-refractivity contribution >= 4 is 11.6 Å². The number of amides is 1. The first-order valence-electron chi connectivity index (χ1n) is 13.2. The molecule has 3 saturated heterocycles. The molecule has 1 amide bonds. The number of nitrogens with one attached hydrogen (secondary N) is 4. The maximum Gasteiger partial charge on any atom is 0.244 e. The van der Waals surface area contributed by atoms with Crippen LogP contribution >= 0.6 is 0 Å². The van der Waals surface area contributed by atoms with Crippen LogP contribution in [0.25, 0.3) is 0 Å². The van der Waals surface area contributed by atoms with Gasteiger partial charge < -0.3 is 15.2 Å². The normalized spacial score (nSPS) is 38.7. The number of rotatable bonds is 4. The molecule has 4 aliphatic heterocycles. The van der Waals surface area contributed by atoms with E-state index >= 15 is 0 Å². The topological polar surface area (TPSA) is 101 Å². The second-order valence-corrected chi connectivity index (χ2v) is 10.9. The zero-order chi connectivity index (χ0) is 24.0. The van der Waals surface area contributed by atoms with Crippen LogP contribution in [-0.2, 0) is 4.79 Å². The molecule has 5 N–H and O–H groups in total. The molecule has 0 radical (unpaired) electrons. The SMILES string of the molecule is C[C@]1(O)CC/C=C\CN2C(=O)C3CNC(Nc4ccc(OC5CC5)cc4)NC3N2C2CCCC1N2. The highest BCUT2D eigenvalue weighted by Gasteiger charge is 2.52. The number of fused-ring (bicyclic) bond motifs is 6. The molecule has 9 nitrogen and oxygen atoms in total. The lowest BCUT2D eigenvalue weighted by Gasteiger charge is -2.47. The Morgan fingerprint density at radius 3 is 2.74 bits per heavy atom. The number of ether oxygens (including phenoxy) is 1. The summed E-state index contributed by atoms with van der Waals surface area (Å²) in [5, 5.41) is 29.6. The van der Waals surface area contributed by atoms with Gasteiger partial charge in [0.05, 0.1) is 36.5 Å². The third kappa shape index (κ3) is 4.80. The fourth-order valence-electron chi connectivity index (χ4n) is 5.91. The Balaban J connectivity index is 1.19. The number of carbonyl (C=O) groups is 1. The maximum atomic E-state index is 13.5. The number of hydrogen-bond acceptors (Lipinski definition) is 8. The van der Waals surface area contributed by atoms with Crippen LogP contribution in [0.5, 0.6) is 5.75 Å². The van der Waals surface area contributed by atoms with Crippen LogP contribution < -0.4 is 26.0 Å². The molecule has 1 aromatic carbocycles. The van der Waals surface area contributed by atoms with E-state index in [0.29, 0.717) is 25.6 Å². The average molecular weight is 483 g/mol. The van der Waals surface area contributed by atoms with Gasteiger partial charge in [-0.25, -0.2) is 0 Å². The zero-order valence-corrected chi connectivity index (χ0v) is 20.5. The van der Waals surface area contributed by atoms with Crippen LogP contribution in [-0.4, -0.2) is 70.5 Å². The largest absolute Gasteiger partial charge is 0.490 e. The van der Waals surface area contributed by atoms with E-state index in [1.54, 1.807) is 0 Å². The molecule has 6 rings (SSSR count). The molecule has 9 heteroatoms. The van der Waals surface area contributed by atoms with Crippen molar-refractivity contribution in [3.8, 4) is 5.75 Å². The van der Waals surface area contributed by atoms with Gasteiger partial charge in [0.2, 0.25) is 5.91 Å². The second-order valence-electron chi connectivity index (χ2n) is 10.9. The summed E-state index contributed by atoms with van der Waals surface area (Å²) in [5.41, 5.74) is 0.215.